The van der Waals surface area contributed by atoms with Gasteiger partial charge in [0.1, 0.15) is 12.1 Å². The van der Waals surface area contributed by atoms with Gasteiger partial charge in [-0.1, -0.05) is 49.6 Å². The Morgan fingerprint density at radius 3 is 2.53 bits per heavy atom. The smallest absolute Gasteiger partial charge is 0.339 e. The third-order valence-electron chi connectivity index (χ3n) is 5.11. The molecule has 0 bridgehead atoms. The first kappa shape index (κ1) is 25.3. The van der Waals surface area contributed by atoms with E-state index in [1.807, 2.05) is 30.3 Å². The van der Waals surface area contributed by atoms with Gasteiger partial charge >= 0.3 is 18.0 Å². The van der Waals surface area contributed by atoms with Crippen molar-refractivity contribution in [1.29, 1.82) is 0 Å². The Labute approximate surface area is 188 Å². The second-order valence-electron chi connectivity index (χ2n) is 7.72. The summed E-state index contributed by atoms with van der Waals surface area (Å²) in [5, 5.41) is 3.62. The molecule has 1 aliphatic heterocycles. The number of rotatable bonds is 14. The standard InChI is InChI=1S/C23H33N3O6/c1-3-31-21(28)14-10-5-4-9-13-20-22(29)25-23(30)26(20)24-16-19(32-17(2)27)15-18-11-7-6-8-12-18/h6-8,11-12,19-20,24H,3-5,9-10,13-16H2,1-2H3,(H,25,29,30). The lowest BCUT2D eigenvalue weighted by Gasteiger charge is -2.25. The van der Waals surface area contributed by atoms with E-state index in [9.17, 15) is 19.2 Å². The second-order valence-corrected chi connectivity index (χ2v) is 7.72. The highest BCUT2D eigenvalue weighted by Crippen LogP contribution is 2.16. The zero-order valence-electron chi connectivity index (χ0n) is 18.8. The first-order valence-electron chi connectivity index (χ1n) is 11.1. The third-order valence-corrected chi connectivity index (χ3v) is 5.11. The minimum absolute atomic E-state index is 0.193. The quantitative estimate of drug-likeness (QED) is 0.256. The molecule has 0 aliphatic carbocycles. The molecule has 0 saturated carbocycles. The van der Waals surface area contributed by atoms with Crippen LogP contribution in [0.5, 0.6) is 0 Å². The summed E-state index contributed by atoms with van der Waals surface area (Å²) < 4.78 is 10.3. The third kappa shape index (κ3) is 8.66. The van der Waals surface area contributed by atoms with Crippen LogP contribution in [0.2, 0.25) is 0 Å². The first-order chi connectivity index (χ1) is 15.4. The molecule has 3 amide bonds. The Morgan fingerprint density at radius 2 is 1.84 bits per heavy atom. The van der Waals surface area contributed by atoms with Crippen molar-refractivity contribution in [2.24, 2.45) is 0 Å². The van der Waals surface area contributed by atoms with Crippen LogP contribution in [0.1, 0.15) is 57.9 Å². The number of unbranched alkanes of at least 4 members (excludes halogenated alkanes) is 3. The van der Waals surface area contributed by atoms with Gasteiger partial charge in [0.15, 0.2) is 0 Å². The zero-order chi connectivity index (χ0) is 23.3. The minimum atomic E-state index is -0.623. The molecule has 9 nitrogen and oxygen atoms in total. The molecule has 0 radical (unpaired) electrons. The second kappa shape index (κ2) is 13.5. The summed E-state index contributed by atoms with van der Waals surface area (Å²) in [4.78, 5) is 47.3. The molecule has 2 N–H and O–H groups in total. The van der Waals surface area contributed by atoms with Crippen molar-refractivity contribution in [2.75, 3.05) is 13.2 Å². The number of ether oxygens (including phenoxy) is 2. The van der Waals surface area contributed by atoms with E-state index in [2.05, 4.69) is 10.7 Å². The Bertz CT molecular complexity index is 770. The van der Waals surface area contributed by atoms with E-state index in [0.29, 0.717) is 25.9 Å². The Morgan fingerprint density at radius 1 is 1.12 bits per heavy atom. The van der Waals surface area contributed by atoms with E-state index in [-0.39, 0.29) is 18.4 Å². The van der Waals surface area contributed by atoms with Gasteiger partial charge in [-0.05, 0) is 25.3 Å². The fourth-order valence-electron chi connectivity index (χ4n) is 3.61. The molecule has 176 valence electrons. The van der Waals surface area contributed by atoms with E-state index >= 15 is 0 Å². The molecule has 0 spiro atoms. The van der Waals surface area contributed by atoms with Gasteiger partial charge in [0.2, 0.25) is 0 Å². The number of hydrogen-bond donors (Lipinski definition) is 2. The van der Waals surface area contributed by atoms with Crippen LogP contribution in [-0.4, -0.2) is 54.2 Å². The van der Waals surface area contributed by atoms with Crippen molar-refractivity contribution in [3.05, 3.63) is 35.9 Å². The van der Waals surface area contributed by atoms with Gasteiger partial charge < -0.3 is 9.47 Å². The highest BCUT2D eigenvalue weighted by molar-refractivity contribution is 6.03. The van der Waals surface area contributed by atoms with Crippen LogP contribution in [0.4, 0.5) is 4.79 Å². The molecule has 1 aliphatic rings. The van der Waals surface area contributed by atoms with Crippen LogP contribution < -0.4 is 10.7 Å². The average Bonchev–Trinajstić information content (AvgIpc) is 3.01. The van der Waals surface area contributed by atoms with Crippen molar-refractivity contribution in [2.45, 2.75) is 70.9 Å². The number of nitrogens with one attached hydrogen (secondary N) is 2. The van der Waals surface area contributed by atoms with Crippen molar-refractivity contribution in [3.8, 4) is 0 Å². The summed E-state index contributed by atoms with van der Waals surface area (Å²) in [5.74, 6) is -0.948. The number of esters is 2. The van der Waals surface area contributed by atoms with Gasteiger partial charge in [0.25, 0.3) is 5.91 Å². The lowest BCUT2D eigenvalue weighted by Crippen LogP contribution is -2.49. The maximum absolute atomic E-state index is 12.2. The summed E-state index contributed by atoms with van der Waals surface area (Å²) in [5.41, 5.74) is 3.98. The Balaban J connectivity index is 1.82. The van der Waals surface area contributed by atoms with Crippen LogP contribution >= 0.6 is 0 Å². The van der Waals surface area contributed by atoms with Crippen molar-refractivity contribution >= 4 is 23.9 Å². The van der Waals surface area contributed by atoms with Crippen LogP contribution in [0.15, 0.2) is 30.3 Å². The number of imide groups is 1. The molecule has 1 aromatic carbocycles. The van der Waals surface area contributed by atoms with Crippen LogP contribution in [0.3, 0.4) is 0 Å². The number of hydrazine groups is 1. The number of nitrogens with zero attached hydrogens (tertiary/aromatic N) is 1. The maximum atomic E-state index is 12.2. The molecule has 9 heteroatoms. The zero-order valence-corrected chi connectivity index (χ0v) is 18.8. The molecule has 32 heavy (non-hydrogen) atoms. The molecule has 0 aromatic heterocycles. The number of carbonyl (C=O) groups is 4. The molecule has 2 rings (SSSR count). The van der Waals surface area contributed by atoms with E-state index < -0.39 is 24.1 Å². The van der Waals surface area contributed by atoms with Crippen molar-refractivity contribution < 1.29 is 28.7 Å². The van der Waals surface area contributed by atoms with Crippen LogP contribution in [-0.2, 0) is 30.3 Å². The monoisotopic (exact) mass is 447 g/mol. The first-order valence-corrected chi connectivity index (χ1v) is 11.1. The molecule has 2 atom stereocenters. The lowest BCUT2D eigenvalue weighted by molar-refractivity contribution is -0.146. The number of amides is 3. The van der Waals surface area contributed by atoms with Crippen LogP contribution in [0, 0.1) is 0 Å². The molecular formula is C23H33N3O6. The van der Waals surface area contributed by atoms with Gasteiger partial charge in [-0.2, -0.15) is 0 Å². The Hall–Kier alpha value is -2.94. The summed E-state index contributed by atoms with van der Waals surface area (Å²) in [6, 6.07) is 8.46. The van der Waals surface area contributed by atoms with Crippen LogP contribution in [0.25, 0.3) is 0 Å². The van der Waals surface area contributed by atoms with Gasteiger partial charge in [-0.25, -0.2) is 15.2 Å². The number of hydrogen-bond acceptors (Lipinski definition) is 7. The topological polar surface area (TPSA) is 114 Å². The molecular weight excluding hydrogens is 414 g/mol. The average molecular weight is 448 g/mol. The SMILES string of the molecule is CCOC(=O)CCCCCCC1C(=O)NC(=O)N1NCC(Cc1ccccc1)OC(C)=O. The van der Waals surface area contributed by atoms with Gasteiger partial charge in [0, 0.05) is 19.8 Å². The highest BCUT2D eigenvalue weighted by atomic mass is 16.5. The van der Waals surface area contributed by atoms with Crippen molar-refractivity contribution in [1.82, 2.24) is 15.8 Å². The van der Waals surface area contributed by atoms with E-state index in [4.69, 9.17) is 9.47 Å². The molecule has 1 aromatic rings. The number of urea groups is 1. The molecule has 2 unspecified atom stereocenters. The predicted octanol–water partition coefficient (Wildman–Crippen LogP) is 2.49. The normalized spacial score (nSPS) is 16.6. The van der Waals surface area contributed by atoms with E-state index in [0.717, 1.165) is 31.2 Å². The highest BCUT2D eigenvalue weighted by Gasteiger charge is 2.38. The molecule has 1 heterocycles. The van der Waals surface area contributed by atoms with Gasteiger partial charge in [0.05, 0.1) is 13.2 Å². The van der Waals surface area contributed by atoms with Crippen molar-refractivity contribution in [3.63, 3.8) is 0 Å². The number of benzene rings is 1. The number of carbonyl (C=O) groups excluding carboxylic acids is 4. The maximum Gasteiger partial charge on any atom is 0.339 e. The Kier molecular flexibility index (Phi) is 10.7. The summed E-state index contributed by atoms with van der Waals surface area (Å²) >= 11 is 0. The lowest BCUT2D eigenvalue weighted by atomic mass is 10.1. The van der Waals surface area contributed by atoms with Gasteiger partial charge in [-0.3, -0.25) is 19.7 Å². The fourth-order valence-corrected chi connectivity index (χ4v) is 3.61. The van der Waals surface area contributed by atoms with E-state index in [1.165, 1.54) is 11.9 Å². The predicted molar refractivity (Wildman–Crippen MR) is 117 cm³/mol. The molecule has 1 fully saturated rings. The largest absolute Gasteiger partial charge is 0.466 e. The summed E-state index contributed by atoms with van der Waals surface area (Å²) in [6.45, 7) is 3.71. The molecule has 1 saturated heterocycles. The fraction of sp³-hybridized carbons (Fsp3) is 0.565. The van der Waals surface area contributed by atoms with E-state index in [1.54, 1.807) is 6.92 Å². The minimum Gasteiger partial charge on any atom is -0.466 e. The summed E-state index contributed by atoms with van der Waals surface area (Å²) in [7, 11) is 0. The van der Waals surface area contributed by atoms with Gasteiger partial charge in [-0.15, -0.1) is 0 Å². The summed E-state index contributed by atoms with van der Waals surface area (Å²) in [6.07, 6.45) is 4.06.